The molecule has 8 nitrogen and oxygen atoms in total. The fraction of sp³-hybridized carbons (Fsp3) is 0.667. The Morgan fingerprint density at radius 3 is 1.59 bits per heavy atom. The molecule has 0 radical (unpaired) electrons. The number of amides is 2. The van der Waals surface area contributed by atoms with Crippen molar-refractivity contribution in [2.24, 2.45) is 0 Å². The van der Waals surface area contributed by atoms with Gasteiger partial charge in [0, 0.05) is 0 Å². The first kappa shape index (κ1) is 15.0. The number of carbonyl (C=O) groups is 3. The lowest BCUT2D eigenvalue weighted by Crippen LogP contribution is -2.39. The van der Waals surface area contributed by atoms with Crippen LogP contribution < -0.4 is 0 Å². The van der Waals surface area contributed by atoms with E-state index in [2.05, 4.69) is 19.0 Å². The van der Waals surface area contributed by atoms with Crippen molar-refractivity contribution < 1.29 is 33.4 Å². The van der Waals surface area contributed by atoms with Crippen LogP contribution >= 0.6 is 0 Å². The van der Waals surface area contributed by atoms with Gasteiger partial charge < -0.3 is 14.2 Å². The van der Waals surface area contributed by atoms with Crippen LogP contribution in [0, 0.1) is 0 Å². The maximum absolute atomic E-state index is 11.3. The van der Waals surface area contributed by atoms with Crippen molar-refractivity contribution in [1.29, 1.82) is 0 Å². The molecule has 0 aliphatic rings. The minimum Gasteiger partial charge on any atom is -0.447 e. The number of ether oxygens (including phenoxy) is 3. The lowest BCUT2D eigenvalue weighted by Gasteiger charge is -2.16. The molecule has 0 unspecified atom stereocenters. The van der Waals surface area contributed by atoms with Gasteiger partial charge in [0.15, 0.2) is 0 Å². The molecule has 0 aromatic rings. The van der Waals surface area contributed by atoms with Crippen molar-refractivity contribution >= 4 is 18.3 Å². The Bertz CT molecular complexity index is 261. The molecular formula is C9H15NO7. The summed E-state index contributed by atoms with van der Waals surface area (Å²) in [7, 11) is 0. The summed E-state index contributed by atoms with van der Waals surface area (Å²) in [6.07, 6.45) is -3.51. The lowest BCUT2D eigenvalue weighted by molar-refractivity contribution is -0.0955. The Hall–Kier alpha value is -1.99. The first-order valence-electron chi connectivity index (χ1n) is 5.05. The number of rotatable bonds is 3. The van der Waals surface area contributed by atoms with Gasteiger partial charge in [-0.05, 0) is 25.8 Å². The molecule has 0 saturated heterocycles. The topological polar surface area (TPSA) is 91.4 Å². The van der Waals surface area contributed by atoms with Gasteiger partial charge in [0.1, 0.15) is 0 Å². The van der Waals surface area contributed by atoms with E-state index < -0.39 is 18.3 Å². The molecule has 0 aromatic heterocycles. The highest BCUT2D eigenvalue weighted by atomic mass is 16.9. The van der Waals surface area contributed by atoms with E-state index in [1.165, 1.54) is 13.8 Å². The van der Waals surface area contributed by atoms with Crippen LogP contribution in [-0.4, -0.2) is 43.2 Å². The second-order valence-corrected chi connectivity index (χ2v) is 2.47. The lowest BCUT2D eigenvalue weighted by atomic mass is 10.8. The largest absolute Gasteiger partial charge is 0.534 e. The van der Waals surface area contributed by atoms with Gasteiger partial charge in [-0.25, -0.2) is 14.4 Å². The summed E-state index contributed by atoms with van der Waals surface area (Å²) in [6.45, 7) is 4.68. The number of nitrogens with zero attached hydrogens (tertiary/aromatic N) is 1. The minimum absolute atomic E-state index is 0.0148. The van der Waals surface area contributed by atoms with Gasteiger partial charge >= 0.3 is 18.3 Å². The van der Waals surface area contributed by atoms with Gasteiger partial charge in [0.25, 0.3) is 0 Å². The Labute approximate surface area is 98.3 Å². The summed E-state index contributed by atoms with van der Waals surface area (Å²) in [5, 5.41) is 0.0605. The average Bonchev–Trinajstić information content (AvgIpc) is 2.26. The van der Waals surface area contributed by atoms with Crippen molar-refractivity contribution in [3.8, 4) is 0 Å². The fourth-order valence-electron chi connectivity index (χ4n) is 0.732. The van der Waals surface area contributed by atoms with Crippen LogP contribution in [0.5, 0.6) is 0 Å². The van der Waals surface area contributed by atoms with Gasteiger partial charge in [0.05, 0.1) is 19.8 Å². The van der Waals surface area contributed by atoms with E-state index in [1.54, 1.807) is 6.92 Å². The smallest absolute Gasteiger partial charge is 0.447 e. The van der Waals surface area contributed by atoms with Crippen LogP contribution in [0.3, 0.4) is 0 Å². The van der Waals surface area contributed by atoms with Gasteiger partial charge in [-0.3, -0.25) is 4.84 Å². The Morgan fingerprint density at radius 2 is 1.24 bits per heavy atom. The van der Waals surface area contributed by atoms with E-state index in [9.17, 15) is 14.4 Å². The van der Waals surface area contributed by atoms with E-state index >= 15 is 0 Å². The number of hydrogen-bond acceptors (Lipinski definition) is 7. The van der Waals surface area contributed by atoms with E-state index in [0.29, 0.717) is 0 Å². The van der Waals surface area contributed by atoms with E-state index in [0.717, 1.165) is 0 Å². The summed E-state index contributed by atoms with van der Waals surface area (Å²) in [5.41, 5.74) is 0. The van der Waals surface area contributed by atoms with Gasteiger partial charge in [0.2, 0.25) is 0 Å². The average molecular weight is 249 g/mol. The fourth-order valence-corrected chi connectivity index (χ4v) is 0.732. The van der Waals surface area contributed by atoms with Crippen LogP contribution in [0.25, 0.3) is 0 Å². The van der Waals surface area contributed by atoms with E-state index in [1.807, 2.05) is 0 Å². The van der Waals surface area contributed by atoms with Crippen molar-refractivity contribution in [2.45, 2.75) is 20.8 Å². The van der Waals surface area contributed by atoms with Crippen molar-refractivity contribution in [2.75, 3.05) is 19.8 Å². The van der Waals surface area contributed by atoms with Gasteiger partial charge in [-0.2, -0.15) is 0 Å². The van der Waals surface area contributed by atoms with Crippen LogP contribution in [-0.2, 0) is 19.0 Å². The molecule has 0 spiro atoms. The highest BCUT2D eigenvalue weighted by Crippen LogP contribution is 2.02. The molecule has 0 saturated carbocycles. The van der Waals surface area contributed by atoms with Crippen molar-refractivity contribution in [3.63, 3.8) is 0 Å². The zero-order valence-corrected chi connectivity index (χ0v) is 9.93. The standard InChI is InChI=1S/C9H15NO7/c1-4-14-7(11)10(8(12)15-5-2)17-9(13)16-6-3/h4-6H2,1-3H3. The summed E-state index contributed by atoms with van der Waals surface area (Å²) in [5.74, 6) is 0. The molecule has 17 heavy (non-hydrogen) atoms. The molecular weight excluding hydrogens is 234 g/mol. The maximum atomic E-state index is 11.3. The zero-order chi connectivity index (χ0) is 13.3. The number of hydroxylamine groups is 2. The Balaban J connectivity index is 4.55. The summed E-state index contributed by atoms with van der Waals surface area (Å²) >= 11 is 0. The molecule has 0 bridgehead atoms. The second kappa shape index (κ2) is 8.20. The van der Waals surface area contributed by atoms with Crippen LogP contribution in [0.1, 0.15) is 20.8 Å². The molecule has 2 amide bonds. The summed E-state index contributed by atoms with van der Waals surface area (Å²) < 4.78 is 13.4. The second-order valence-electron chi connectivity index (χ2n) is 2.47. The Kier molecular flexibility index (Phi) is 7.24. The quantitative estimate of drug-likeness (QED) is 0.427. The molecule has 0 aliphatic carbocycles. The molecule has 0 aliphatic heterocycles. The summed E-state index contributed by atoms with van der Waals surface area (Å²) in [6, 6.07) is 0. The highest BCUT2D eigenvalue weighted by molar-refractivity contribution is 5.87. The number of imide groups is 1. The van der Waals surface area contributed by atoms with E-state index in [-0.39, 0.29) is 24.9 Å². The van der Waals surface area contributed by atoms with Crippen LogP contribution in [0.2, 0.25) is 0 Å². The predicted octanol–water partition coefficient (Wildman–Crippen LogP) is 1.69. The monoisotopic (exact) mass is 249 g/mol. The molecule has 0 N–H and O–H groups in total. The van der Waals surface area contributed by atoms with Crippen LogP contribution in [0.4, 0.5) is 14.4 Å². The first-order valence-corrected chi connectivity index (χ1v) is 5.05. The van der Waals surface area contributed by atoms with Crippen molar-refractivity contribution in [1.82, 2.24) is 5.06 Å². The van der Waals surface area contributed by atoms with Gasteiger partial charge in [-0.15, -0.1) is 0 Å². The summed E-state index contributed by atoms with van der Waals surface area (Å²) in [4.78, 5) is 37.9. The predicted molar refractivity (Wildman–Crippen MR) is 54.0 cm³/mol. The molecule has 0 atom stereocenters. The molecule has 0 aromatic carbocycles. The molecule has 0 heterocycles. The molecule has 98 valence electrons. The van der Waals surface area contributed by atoms with Crippen molar-refractivity contribution in [3.05, 3.63) is 0 Å². The molecule has 0 fully saturated rings. The third-order valence-corrected chi connectivity index (χ3v) is 1.30. The minimum atomic E-state index is -1.20. The van der Waals surface area contributed by atoms with Crippen LogP contribution in [0.15, 0.2) is 0 Å². The van der Waals surface area contributed by atoms with Gasteiger partial charge in [-0.1, -0.05) is 0 Å². The van der Waals surface area contributed by atoms with E-state index in [4.69, 9.17) is 0 Å². The number of hydrogen-bond donors (Lipinski definition) is 0. The third-order valence-electron chi connectivity index (χ3n) is 1.30. The molecule has 8 heteroatoms. The number of carbonyl (C=O) groups excluding carboxylic acids is 3. The maximum Gasteiger partial charge on any atom is 0.534 e. The highest BCUT2D eigenvalue weighted by Gasteiger charge is 2.29. The third kappa shape index (κ3) is 5.59. The normalized spacial score (nSPS) is 9.12. The molecule has 0 rings (SSSR count). The SMILES string of the molecule is CCOC(=O)ON(C(=O)OCC)C(=O)OCC. The first-order chi connectivity index (χ1) is 8.06. The zero-order valence-electron chi connectivity index (χ0n) is 9.93. The Morgan fingerprint density at radius 1 is 0.824 bits per heavy atom.